The van der Waals surface area contributed by atoms with Crippen LogP contribution in [0.5, 0.6) is 0 Å². The average Bonchev–Trinajstić information content (AvgIpc) is 3.14. The minimum atomic E-state index is -0.488. The number of carbonyl (C=O) groups is 2. The Morgan fingerprint density at radius 3 is 2.56 bits per heavy atom. The van der Waals surface area contributed by atoms with Crippen LogP contribution in [0.15, 0.2) is 77.0 Å². The Labute approximate surface area is 161 Å². The van der Waals surface area contributed by atoms with E-state index >= 15 is 0 Å². The van der Waals surface area contributed by atoms with Crippen molar-refractivity contribution in [1.29, 1.82) is 0 Å². The van der Waals surface area contributed by atoms with Crippen LogP contribution in [0.2, 0.25) is 5.02 Å². The van der Waals surface area contributed by atoms with E-state index in [1.54, 1.807) is 42.5 Å². The standard InChI is InChI=1S/C21H17ClN2O3/c1-14-6-4-7-15(12-14)23-21(26)19(13-16-8-5-11-27-16)24-20(25)17-9-2-3-10-18(17)22/h2-13H,1H3,(H,23,26)(H,24,25). The first-order valence-electron chi connectivity index (χ1n) is 8.22. The lowest BCUT2D eigenvalue weighted by molar-refractivity contribution is -0.113. The van der Waals surface area contributed by atoms with E-state index in [-0.39, 0.29) is 11.3 Å². The van der Waals surface area contributed by atoms with E-state index in [1.165, 1.54) is 12.3 Å². The molecule has 6 heteroatoms. The average molecular weight is 381 g/mol. The number of rotatable bonds is 5. The Kier molecular flexibility index (Phi) is 5.74. The molecule has 0 saturated carbocycles. The fourth-order valence-electron chi connectivity index (χ4n) is 2.43. The van der Waals surface area contributed by atoms with Gasteiger partial charge in [-0.2, -0.15) is 0 Å². The zero-order valence-electron chi connectivity index (χ0n) is 14.5. The van der Waals surface area contributed by atoms with Crippen LogP contribution in [0.4, 0.5) is 5.69 Å². The number of halogens is 1. The van der Waals surface area contributed by atoms with E-state index in [2.05, 4.69) is 10.6 Å². The van der Waals surface area contributed by atoms with Crippen LogP contribution in [0.3, 0.4) is 0 Å². The second-order valence-electron chi connectivity index (χ2n) is 5.83. The molecule has 3 aromatic rings. The largest absolute Gasteiger partial charge is 0.465 e. The lowest BCUT2D eigenvalue weighted by Gasteiger charge is -2.12. The number of hydrogen-bond donors (Lipinski definition) is 2. The van der Waals surface area contributed by atoms with E-state index in [9.17, 15) is 9.59 Å². The van der Waals surface area contributed by atoms with Gasteiger partial charge in [-0.1, -0.05) is 35.9 Å². The first-order chi connectivity index (χ1) is 13.0. The highest BCUT2D eigenvalue weighted by Crippen LogP contribution is 2.17. The van der Waals surface area contributed by atoms with Gasteiger partial charge in [0.05, 0.1) is 16.8 Å². The van der Waals surface area contributed by atoms with E-state index in [4.69, 9.17) is 16.0 Å². The summed E-state index contributed by atoms with van der Waals surface area (Å²) in [4.78, 5) is 25.3. The molecule has 0 aliphatic carbocycles. The van der Waals surface area contributed by atoms with Crippen LogP contribution in [-0.4, -0.2) is 11.8 Å². The number of furan rings is 1. The number of benzene rings is 2. The van der Waals surface area contributed by atoms with Gasteiger partial charge in [0.25, 0.3) is 11.8 Å². The van der Waals surface area contributed by atoms with Crippen molar-refractivity contribution in [1.82, 2.24) is 5.32 Å². The highest BCUT2D eigenvalue weighted by Gasteiger charge is 2.17. The van der Waals surface area contributed by atoms with Crippen molar-refractivity contribution in [3.8, 4) is 0 Å². The third-order valence-corrected chi connectivity index (χ3v) is 4.05. The molecule has 0 spiro atoms. The predicted octanol–water partition coefficient (Wildman–Crippen LogP) is 4.65. The molecule has 0 saturated heterocycles. The van der Waals surface area contributed by atoms with Gasteiger partial charge in [0.2, 0.25) is 0 Å². The second-order valence-corrected chi connectivity index (χ2v) is 6.24. The van der Waals surface area contributed by atoms with Crippen molar-refractivity contribution in [3.05, 3.63) is 94.5 Å². The van der Waals surface area contributed by atoms with E-state index < -0.39 is 11.8 Å². The van der Waals surface area contributed by atoms with Gasteiger partial charge in [0, 0.05) is 11.8 Å². The van der Waals surface area contributed by atoms with Crippen LogP contribution < -0.4 is 10.6 Å². The third kappa shape index (κ3) is 4.86. The summed E-state index contributed by atoms with van der Waals surface area (Å²) < 4.78 is 5.26. The molecular weight excluding hydrogens is 364 g/mol. The summed E-state index contributed by atoms with van der Waals surface area (Å²) in [5.74, 6) is -0.529. The third-order valence-electron chi connectivity index (χ3n) is 3.72. The maximum atomic E-state index is 12.7. The first-order valence-corrected chi connectivity index (χ1v) is 8.60. The number of anilines is 1. The van der Waals surface area contributed by atoms with Crippen LogP contribution in [0.1, 0.15) is 21.7 Å². The highest BCUT2D eigenvalue weighted by molar-refractivity contribution is 6.34. The summed E-state index contributed by atoms with van der Waals surface area (Å²) in [6.45, 7) is 1.93. The van der Waals surface area contributed by atoms with E-state index in [0.717, 1.165) is 5.56 Å². The molecule has 2 amide bonds. The van der Waals surface area contributed by atoms with Gasteiger partial charge in [0.15, 0.2) is 0 Å². The summed E-state index contributed by atoms with van der Waals surface area (Å²) in [6, 6.07) is 17.4. The molecule has 5 nitrogen and oxygen atoms in total. The molecule has 2 aromatic carbocycles. The monoisotopic (exact) mass is 380 g/mol. The van der Waals surface area contributed by atoms with Gasteiger partial charge < -0.3 is 15.1 Å². The highest BCUT2D eigenvalue weighted by atomic mass is 35.5. The van der Waals surface area contributed by atoms with Crippen molar-refractivity contribution in [2.24, 2.45) is 0 Å². The fourth-order valence-corrected chi connectivity index (χ4v) is 2.65. The molecule has 0 aliphatic heterocycles. The van der Waals surface area contributed by atoms with Gasteiger partial charge in [-0.3, -0.25) is 9.59 Å². The van der Waals surface area contributed by atoms with E-state index in [0.29, 0.717) is 16.5 Å². The fraction of sp³-hybridized carbons (Fsp3) is 0.0476. The Morgan fingerprint density at radius 2 is 1.85 bits per heavy atom. The minimum absolute atomic E-state index is 0.0383. The topological polar surface area (TPSA) is 71.3 Å². The molecule has 27 heavy (non-hydrogen) atoms. The molecule has 1 aromatic heterocycles. The zero-order valence-corrected chi connectivity index (χ0v) is 15.3. The molecule has 0 bridgehead atoms. The van der Waals surface area contributed by atoms with Crippen molar-refractivity contribution >= 4 is 35.2 Å². The Bertz CT molecular complexity index is 994. The maximum Gasteiger partial charge on any atom is 0.272 e. The Hall–Kier alpha value is -3.31. The number of carbonyl (C=O) groups excluding carboxylic acids is 2. The molecule has 0 aliphatic rings. The molecule has 0 atom stereocenters. The molecular formula is C21H17ClN2O3. The minimum Gasteiger partial charge on any atom is -0.465 e. The number of hydrogen-bond acceptors (Lipinski definition) is 3. The first kappa shape index (κ1) is 18.5. The summed E-state index contributed by atoms with van der Waals surface area (Å²) in [5.41, 5.74) is 1.94. The van der Waals surface area contributed by atoms with Crippen molar-refractivity contribution < 1.29 is 14.0 Å². The maximum absolute atomic E-state index is 12.7. The summed E-state index contributed by atoms with van der Waals surface area (Å²) in [5, 5.41) is 5.68. The Balaban J connectivity index is 1.86. The molecule has 136 valence electrons. The molecule has 0 fully saturated rings. The second kappa shape index (κ2) is 8.38. The van der Waals surface area contributed by atoms with Gasteiger partial charge in [0.1, 0.15) is 11.5 Å². The molecule has 0 radical (unpaired) electrons. The lowest BCUT2D eigenvalue weighted by atomic mass is 10.2. The molecule has 1 heterocycles. The summed E-state index contributed by atoms with van der Waals surface area (Å²) in [7, 11) is 0. The summed E-state index contributed by atoms with van der Waals surface area (Å²) in [6.07, 6.45) is 2.94. The van der Waals surface area contributed by atoms with Gasteiger partial charge in [-0.15, -0.1) is 0 Å². The van der Waals surface area contributed by atoms with Crippen molar-refractivity contribution in [3.63, 3.8) is 0 Å². The Morgan fingerprint density at radius 1 is 1.04 bits per heavy atom. The van der Waals surface area contributed by atoms with Gasteiger partial charge in [-0.05, 0) is 48.9 Å². The normalized spacial score (nSPS) is 11.1. The number of nitrogens with one attached hydrogen (secondary N) is 2. The summed E-state index contributed by atoms with van der Waals surface area (Å²) >= 11 is 6.07. The lowest BCUT2D eigenvalue weighted by Crippen LogP contribution is -2.30. The van der Waals surface area contributed by atoms with E-state index in [1.807, 2.05) is 25.1 Å². The predicted molar refractivity (Wildman–Crippen MR) is 105 cm³/mol. The van der Waals surface area contributed by atoms with Crippen LogP contribution in [0.25, 0.3) is 6.08 Å². The van der Waals surface area contributed by atoms with Crippen LogP contribution in [0, 0.1) is 6.92 Å². The quantitative estimate of drug-likeness (QED) is 0.633. The molecule has 3 rings (SSSR count). The van der Waals surface area contributed by atoms with Crippen LogP contribution in [-0.2, 0) is 4.79 Å². The number of amides is 2. The molecule has 2 N–H and O–H groups in total. The van der Waals surface area contributed by atoms with Crippen molar-refractivity contribution in [2.45, 2.75) is 6.92 Å². The van der Waals surface area contributed by atoms with Gasteiger partial charge in [-0.25, -0.2) is 0 Å². The number of aryl methyl sites for hydroxylation is 1. The van der Waals surface area contributed by atoms with Crippen molar-refractivity contribution in [2.75, 3.05) is 5.32 Å². The molecule has 0 unspecified atom stereocenters. The smallest absolute Gasteiger partial charge is 0.272 e. The zero-order chi connectivity index (χ0) is 19.2. The van der Waals surface area contributed by atoms with Crippen LogP contribution >= 0.6 is 11.6 Å². The van der Waals surface area contributed by atoms with Gasteiger partial charge >= 0.3 is 0 Å². The SMILES string of the molecule is Cc1cccc(NC(=O)C(=Cc2ccco2)NC(=O)c2ccccc2Cl)c1.